The molecule has 1 aromatic rings. The molecule has 1 aromatic heterocycles. The molecular formula is C11H19N3S. The van der Waals surface area contributed by atoms with E-state index in [0.717, 1.165) is 13.0 Å². The lowest BCUT2D eigenvalue weighted by Crippen LogP contribution is -2.46. The number of piperidine rings is 1. The van der Waals surface area contributed by atoms with Crippen LogP contribution in [0.2, 0.25) is 0 Å². The van der Waals surface area contributed by atoms with Gasteiger partial charge in [-0.3, -0.25) is 4.90 Å². The number of hydrogen-bond acceptors (Lipinski definition) is 4. The van der Waals surface area contributed by atoms with Crippen LogP contribution in [0.1, 0.15) is 37.9 Å². The predicted molar refractivity (Wildman–Crippen MR) is 63.9 cm³/mol. The summed E-state index contributed by atoms with van der Waals surface area (Å²) in [6.45, 7) is 4.53. The summed E-state index contributed by atoms with van der Waals surface area (Å²) in [5.41, 5.74) is 9.28. The van der Waals surface area contributed by atoms with Gasteiger partial charge in [0.1, 0.15) is 0 Å². The minimum absolute atomic E-state index is 0.257. The lowest BCUT2D eigenvalue weighted by molar-refractivity contribution is 0.126. The highest BCUT2D eigenvalue weighted by Crippen LogP contribution is 2.29. The van der Waals surface area contributed by atoms with Gasteiger partial charge in [-0.05, 0) is 32.4 Å². The van der Waals surface area contributed by atoms with Crippen molar-refractivity contribution in [1.82, 2.24) is 9.88 Å². The summed E-state index contributed by atoms with van der Waals surface area (Å²) in [7, 11) is 0. The number of aromatic nitrogens is 1. The summed E-state index contributed by atoms with van der Waals surface area (Å²) < 4.78 is 0. The van der Waals surface area contributed by atoms with Crippen LogP contribution < -0.4 is 5.73 Å². The molecule has 2 N–H and O–H groups in total. The van der Waals surface area contributed by atoms with Crippen molar-refractivity contribution in [2.75, 3.05) is 13.1 Å². The van der Waals surface area contributed by atoms with Crippen LogP contribution in [0, 0.1) is 0 Å². The fourth-order valence-corrected chi connectivity index (χ4v) is 2.99. The molecule has 3 nitrogen and oxygen atoms in total. The lowest BCUT2D eigenvalue weighted by Gasteiger charge is -2.38. The van der Waals surface area contributed by atoms with E-state index in [0.29, 0.717) is 6.04 Å². The molecule has 1 fully saturated rings. The molecule has 0 radical (unpaired) electrons. The van der Waals surface area contributed by atoms with Crippen LogP contribution in [0.3, 0.4) is 0 Å². The molecule has 15 heavy (non-hydrogen) atoms. The second-order valence-corrected chi connectivity index (χ2v) is 4.92. The molecule has 1 saturated heterocycles. The highest BCUT2D eigenvalue weighted by molar-refractivity contribution is 7.07. The van der Waals surface area contributed by atoms with Crippen molar-refractivity contribution in [3.05, 3.63) is 16.6 Å². The molecule has 0 spiro atoms. The monoisotopic (exact) mass is 225 g/mol. The molecular weight excluding hydrogens is 206 g/mol. The number of thiazole rings is 1. The van der Waals surface area contributed by atoms with Gasteiger partial charge in [0.15, 0.2) is 0 Å². The average Bonchev–Trinajstić information content (AvgIpc) is 2.71. The van der Waals surface area contributed by atoms with Crippen LogP contribution >= 0.6 is 11.3 Å². The van der Waals surface area contributed by atoms with Crippen molar-refractivity contribution in [2.24, 2.45) is 5.73 Å². The van der Waals surface area contributed by atoms with Crippen LogP contribution in [0.4, 0.5) is 0 Å². The van der Waals surface area contributed by atoms with Crippen molar-refractivity contribution in [3.8, 4) is 0 Å². The third kappa shape index (κ3) is 2.38. The maximum absolute atomic E-state index is 6.21. The second kappa shape index (κ2) is 5.05. The molecule has 2 unspecified atom stereocenters. The van der Waals surface area contributed by atoms with Gasteiger partial charge in [-0.25, -0.2) is 4.98 Å². The Morgan fingerprint density at radius 3 is 3.20 bits per heavy atom. The minimum Gasteiger partial charge on any atom is -0.326 e. The normalized spacial score (nSPS) is 28.1. The van der Waals surface area contributed by atoms with Gasteiger partial charge in [0.2, 0.25) is 0 Å². The van der Waals surface area contributed by atoms with Gasteiger partial charge in [0.05, 0.1) is 17.2 Å². The van der Waals surface area contributed by atoms with Crippen molar-refractivity contribution in [3.63, 3.8) is 0 Å². The zero-order valence-electron chi connectivity index (χ0n) is 9.22. The molecule has 2 heterocycles. The first-order valence-corrected chi connectivity index (χ1v) is 6.65. The fourth-order valence-electron chi connectivity index (χ4n) is 2.41. The summed E-state index contributed by atoms with van der Waals surface area (Å²) in [5, 5.41) is 2.14. The first-order valence-electron chi connectivity index (χ1n) is 5.70. The number of nitrogens with two attached hydrogens (primary N) is 1. The van der Waals surface area contributed by atoms with Crippen LogP contribution in [-0.4, -0.2) is 29.0 Å². The minimum atomic E-state index is 0.257. The van der Waals surface area contributed by atoms with Gasteiger partial charge in [-0.1, -0.05) is 6.92 Å². The molecule has 0 amide bonds. The number of rotatable bonds is 3. The van der Waals surface area contributed by atoms with E-state index in [4.69, 9.17) is 5.73 Å². The van der Waals surface area contributed by atoms with Gasteiger partial charge in [0, 0.05) is 11.4 Å². The van der Waals surface area contributed by atoms with Gasteiger partial charge in [-0.2, -0.15) is 0 Å². The van der Waals surface area contributed by atoms with Crippen LogP contribution in [-0.2, 0) is 0 Å². The van der Waals surface area contributed by atoms with E-state index in [-0.39, 0.29) is 6.04 Å². The van der Waals surface area contributed by atoms with E-state index in [9.17, 15) is 0 Å². The zero-order chi connectivity index (χ0) is 10.7. The second-order valence-electron chi connectivity index (χ2n) is 4.20. The Kier molecular flexibility index (Phi) is 3.72. The Morgan fingerprint density at radius 1 is 1.67 bits per heavy atom. The predicted octanol–water partition coefficient (Wildman–Crippen LogP) is 2.02. The Morgan fingerprint density at radius 2 is 2.53 bits per heavy atom. The van der Waals surface area contributed by atoms with Gasteiger partial charge < -0.3 is 5.73 Å². The van der Waals surface area contributed by atoms with Crippen LogP contribution in [0.25, 0.3) is 0 Å². The molecule has 2 rings (SSSR count). The third-order valence-electron chi connectivity index (χ3n) is 3.05. The van der Waals surface area contributed by atoms with Crippen molar-refractivity contribution >= 4 is 11.3 Å². The van der Waals surface area contributed by atoms with E-state index in [2.05, 4.69) is 22.2 Å². The molecule has 0 aromatic carbocycles. The van der Waals surface area contributed by atoms with E-state index in [1.54, 1.807) is 11.3 Å². The van der Waals surface area contributed by atoms with E-state index < -0.39 is 0 Å². The topological polar surface area (TPSA) is 42.1 Å². The summed E-state index contributed by atoms with van der Waals surface area (Å²) >= 11 is 1.66. The Hall–Kier alpha value is -0.450. The molecule has 1 aliphatic rings. The molecule has 2 atom stereocenters. The summed E-state index contributed by atoms with van der Waals surface area (Å²) in [6, 6.07) is 0.609. The maximum Gasteiger partial charge on any atom is 0.0795 e. The smallest absolute Gasteiger partial charge is 0.0795 e. The molecule has 0 aliphatic carbocycles. The Balaban J connectivity index is 2.15. The van der Waals surface area contributed by atoms with Gasteiger partial charge in [0.25, 0.3) is 0 Å². The van der Waals surface area contributed by atoms with E-state index in [1.807, 2.05) is 5.51 Å². The van der Waals surface area contributed by atoms with Crippen molar-refractivity contribution in [2.45, 2.75) is 38.3 Å². The first kappa shape index (κ1) is 11.0. The molecule has 1 aliphatic heterocycles. The zero-order valence-corrected chi connectivity index (χ0v) is 10.0. The molecule has 4 heteroatoms. The molecule has 84 valence electrons. The maximum atomic E-state index is 6.21. The fraction of sp³-hybridized carbons (Fsp3) is 0.727. The van der Waals surface area contributed by atoms with Crippen molar-refractivity contribution < 1.29 is 0 Å². The Labute approximate surface area is 95.3 Å². The summed E-state index contributed by atoms with van der Waals surface area (Å²) in [4.78, 5) is 6.91. The summed E-state index contributed by atoms with van der Waals surface area (Å²) in [6.07, 6.45) is 3.54. The summed E-state index contributed by atoms with van der Waals surface area (Å²) in [5.74, 6) is 0. The quantitative estimate of drug-likeness (QED) is 0.855. The largest absolute Gasteiger partial charge is 0.326 e. The Bertz CT molecular complexity index is 284. The molecule has 0 saturated carbocycles. The van der Waals surface area contributed by atoms with E-state index >= 15 is 0 Å². The number of likely N-dealkylation sites (tertiary alicyclic amines) is 1. The highest BCUT2D eigenvalue weighted by atomic mass is 32.1. The number of hydrogen-bond donors (Lipinski definition) is 1. The highest BCUT2D eigenvalue weighted by Gasteiger charge is 2.30. The van der Waals surface area contributed by atoms with Gasteiger partial charge in [-0.15, -0.1) is 11.3 Å². The standard InChI is InChI=1S/C11H19N3S/c1-2-5-14-6-3-4-9(12)11(14)10-7-15-8-13-10/h7-9,11H,2-6,12H2,1H3. The van der Waals surface area contributed by atoms with Gasteiger partial charge >= 0.3 is 0 Å². The molecule has 0 bridgehead atoms. The van der Waals surface area contributed by atoms with Crippen LogP contribution in [0.5, 0.6) is 0 Å². The number of nitrogens with zero attached hydrogens (tertiary/aromatic N) is 2. The first-order chi connectivity index (χ1) is 7.33. The lowest BCUT2D eigenvalue weighted by atomic mass is 9.95. The average molecular weight is 225 g/mol. The van der Waals surface area contributed by atoms with Crippen molar-refractivity contribution in [1.29, 1.82) is 0 Å². The SMILES string of the molecule is CCCN1CCCC(N)C1c1cscn1. The third-order valence-corrected chi connectivity index (χ3v) is 3.65. The van der Waals surface area contributed by atoms with E-state index in [1.165, 1.54) is 25.1 Å². The van der Waals surface area contributed by atoms with Crippen LogP contribution in [0.15, 0.2) is 10.9 Å².